The molecule has 0 aromatic heterocycles. The Morgan fingerprint density at radius 3 is 1.67 bits per heavy atom. The maximum atomic E-state index is 6.31. The van der Waals surface area contributed by atoms with Crippen molar-refractivity contribution in [3.63, 3.8) is 0 Å². The Hall–Kier alpha value is -0.640. The third kappa shape index (κ3) is 7.79. The predicted octanol–water partition coefficient (Wildman–Crippen LogP) is 4.03. The summed E-state index contributed by atoms with van der Waals surface area (Å²) in [6, 6.07) is 0. The average molecular weight is 294 g/mol. The van der Waals surface area contributed by atoms with Crippen LogP contribution in [0.15, 0.2) is 25.3 Å². The van der Waals surface area contributed by atoms with Crippen molar-refractivity contribution < 1.29 is 14.2 Å². The van der Waals surface area contributed by atoms with E-state index in [1.54, 1.807) is 0 Å². The van der Waals surface area contributed by atoms with Crippen molar-refractivity contribution in [3.8, 4) is 0 Å². The van der Waals surface area contributed by atoms with E-state index < -0.39 is 0 Å². The maximum absolute atomic E-state index is 6.31. The van der Waals surface area contributed by atoms with Crippen molar-refractivity contribution >= 4 is 0 Å². The number of hydrogen-bond acceptors (Lipinski definition) is 3. The lowest BCUT2D eigenvalue weighted by Crippen LogP contribution is -2.22. The Morgan fingerprint density at radius 2 is 1.33 bits per heavy atom. The van der Waals surface area contributed by atoms with Gasteiger partial charge in [0.1, 0.15) is 0 Å². The molecule has 2 saturated heterocycles. The van der Waals surface area contributed by atoms with Gasteiger partial charge < -0.3 is 14.2 Å². The lowest BCUT2D eigenvalue weighted by Gasteiger charge is -2.23. The molecule has 0 aliphatic carbocycles. The van der Waals surface area contributed by atoms with Gasteiger partial charge in [-0.05, 0) is 51.4 Å². The highest BCUT2D eigenvalue weighted by Gasteiger charge is 2.24. The van der Waals surface area contributed by atoms with Crippen LogP contribution in [0.5, 0.6) is 0 Å². The van der Waals surface area contributed by atoms with E-state index in [9.17, 15) is 0 Å². The summed E-state index contributed by atoms with van der Waals surface area (Å²) in [5, 5.41) is 0. The second kappa shape index (κ2) is 9.39. The molecule has 4 atom stereocenters. The van der Waals surface area contributed by atoms with Gasteiger partial charge in [0.05, 0.1) is 37.6 Å². The molecule has 3 heteroatoms. The third-order valence-corrected chi connectivity index (χ3v) is 4.15. The molecule has 0 aromatic rings. The second-order valence-electron chi connectivity index (χ2n) is 6.20. The van der Waals surface area contributed by atoms with Gasteiger partial charge in [0.2, 0.25) is 0 Å². The molecule has 2 heterocycles. The summed E-state index contributed by atoms with van der Waals surface area (Å²) in [6.45, 7) is 9.63. The van der Waals surface area contributed by atoms with Crippen molar-refractivity contribution in [2.45, 2.75) is 75.8 Å². The van der Waals surface area contributed by atoms with Crippen LogP contribution < -0.4 is 0 Å². The van der Waals surface area contributed by atoms with Crippen LogP contribution in [0.25, 0.3) is 0 Å². The molecule has 120 valence electrons. The Morgan fingerprint density at radius 1 is 0.905 bits per heavy atom. The molecule has 0 aromatic carbocycles. The van der Waals surface area contributed by atoms with Crippen molar-refractivity contribution in [3.05, 3.63) is 25.3 Å². The molecule has 2 aliphatic rings. The molecule has 0 amide bonds. The Balaban J connectivity index is 1.66. The van der Waals surface area contributed by atoms with Crippen molar-refractivity contribution in [2.24, 2.45) is 0 Å². The van der Waals surface area contributed by atoms with Gasteiger partial charge in [-0.15, -0.1) is 13.2 Å². The van der Waals surface area contributed by atoms with Crippen molar-refractivity contribution in [2.75, 3.05) is 13.2 Å². The van der Waals surface area contributed by atoms with Crippen molar-refractivity contribution in [1.82, 2.24) is 0 Å². The number of rotatable bonds is 14. The fourth-order valence-electron chi connectivity index (χ4n) is 2.74. The molecule has 0 N–H and O–H groups in total. The average Bonchev–Trinajstić information content (AvgIpc) is 3.34. The van der Waals surface area contributed by atoms with Gasteiger partial charge in [0.15, 0.2) is 0 Å². The number of ether oxygens (including phenoxy) is 3. The molecule has 0 bridgehead atoms. The van der Waals surface area contributed by atoms with Gasteiger partial charge in [0.25, 0.3) is 0 Å². The van der Waals surface area contributed by atoms with Gasteiger partial charge in [-0.1, -0.05) is 12.2 Å². The molecule has 0 spiro atoms. The van der Waals surface area contributed by atoms with Crippen LogP contribution in [0.2, 0.25) is 0 Å². The smallest absolute Gasteiger partial charge is 0.0810 e. The van der Waals surface area contributed by atoms with Gasteiger partial charge in [-0.3, -0.25) is 0 Å². The summed E-state index contributed by atoms with van der Waals surface area (Å²) >= 11 is 0. The highest BCUT2D eigenvalue weighted by Crippen LogP contribution is 2.23. The van der Waals surface area contributed by atoms with Crippen LogP contribution in [-0.2, 0) is 14.2 Å². The minimum atomic E-state index is 0.295. The monoisotopic (exact) mass is 294 g/mol. The molecule has 2 fully saturated rings. The molecule has 3 nitrogen and oxygen atoms in total. The van der Waals surface area contributed by atoms with Gasteiger partial charge in [0, 0.05) is 0 Å². The summed E-state index contributed by atoms with van der Waals surface area (Å²) in [4.78, 5) is 0. The van der Waals surface area contributed by atoms with Crippen LogP contribution in [0, 0.1) is 0 Å². The highest BCUT2D eigenvalue weighted by atomic mass is 16.6. The first-order valence-electron chi connectivity index (χ1n) is 8.42. The fraction of sp³-hybridized carbons (Fsp3) is 0.778. The quantitative estimate of drug-likeness (QED) is 0.358. The minimum Gasteiger partial charge on any atom is -0.374 e. The standard InChI is InChI=1S/C18H30O3/c1-3-7-15(9-5-11-17-13-19-17)21-16(8-4-2)10-6-12-18-14-20-18/h3-4,15-18H,1-2,5-14H2. The lowest BCUT2D eigenvalue weighted by molar-refractivity contribution is -0.0192. The molecule has 21 heavy (non-hydrogen) atoms. The topological polar surface area (TPSA) is 34.3 Å². The highest BCUT2D eigenvalue weighted by molar-refractivity contribution is 4.80. The molecular weight excluding hydrogens is 264 g/mol. The predicted molar refractivity (Wildman–Crippen MR) is 85.5 cm³/mol. The molecule has 4 unspecified atom stereocenters. The zero-order chi connectivity index (χ0) is 14.9. The maximum Gasteiger partial charge on any atom is 0.0810 e. The van der Waals surface area contributed by atoms with Crippen LogP contribution >= 0.6 is 0 Å². The summed E-state index contributed by atoms with van der Waals surface area (Å²) in [6.07, 6.45) is 14.4. The Labute approximate surface area is 129 Å². The van der Waals surface area contributed by atoms with E-state index in [0.717, 1.165) is 38.9 Å². The van der Waals surface area contributed by atoms with E-state index in [-0.39, 0.29) is 0 Å². The van der Waals surface area contributed by atoms with Crippen LogP contribution in [0.4, 0.5) is 0 Å². The Bertz CT molecular complexity index is 278. The lowest BCUT2D eigenvalue weighted by atomic mass is 10.0. The summed E-state index contributed by atoms with van der Waals surface area (Å²) in [5.74, 6) is 0. The number of hydrogen-bond donors (Lipinski definition) is 0. The minimum absolute atomic E-state index is 0.295. The zero-order valence-electron chi connectivity index (χ0n) is 13.2. The second-order valence-corrected chi connectivity index (χ2v) is 6.20. The van der Waals surface area contributed by atoms with E-state index in [1.807, 2.05) is 12.2 Å². The fourth-order valence-corrected chi connectivity index (χ4v) is 2.74. The summed E-state index contributed by atoms with van der Waals surface area (Å²) in [7, 11) is 0. The third-order valence-electron chi connectivity index (χ3n) is 4.15. The van der Waals surface area contributed by atoms with Gasteiger partial charge in [-0.2, -0.15) is 0 Å². The molecule has 2 aliphatic heterocycles. The molecule has 2 rings (SSSR count). The zero-order valence-corrected chi connectivity index (χ0v) is 13.2. The Kier molecular flexibility index (Phi) is 7.48. The van der Waals surface area contributed by atoms with E-state index >= 15 is 0 Å². The first kappa shape index (κ1) is 16.7. The van der Waals surface area contributed by atoms with Crippen LogP contribution in [0.3, 0.4) is 0 Å². The van der Waals surface area contributed by atoms with E-state index in [1.165, 1.54) is 25.7 Å². The SMILES string of the molecule is C=CCC(CCCC1CO1)OC(CC=C)CCCC1CO1. The summed E-state index contributed by atoms with van der Waals surface area (Å²) in [5.41, 5.74) is 0. The largest absolute Gasteiger partial charge is 0.374 e. The summed E-state index contributed by atoms with van der Waals surface area (Å²) < 4.78 is 16.8. The van der Waals surface area contributed by atoms with Gasteiger partial charge in [-0.25, -0.2) is 0 Å². The first-order valence-corrected chi connectivity index (χ1v) is 8.42. The van der Waals surface area contributed by atoms with Crippen molar-refractivity contribution in [1.29, 1.82) is 0 Å². The van der Waals surface area contributed by atoms with Gasteiger partial charge >= 0.3 is 0 Å². The van der Waals surface area contributed by atoms with E-state index in [2.05, 4.69) is 13.2 Å². The normalized spacial score (nSPS) is 26.1. The van der Waals surface area contributed by atoms with E-state index in [0.29, 0.717) is 24.4 Å². The van der Waals surface area contributed by atoms with Crippen LogP contribution in [0.1, 0.15) is 51.4 Å². The molecular formula is C18H30O3. The molecule has 0 radical (unpaired) electrons. The molecule has 0 saturated carbocycles. The number of epoxide rings is 2. The first-order chi connectivity index (χ1) is 10.3. The van der Waals surface area contributed by atoms with E-state index in [4.69, 9.17) is 14.2 Å². The van der Waals surface area contributed by atoms with Crippen LogP contribution in [-0.4, -0.2) is 37.6 Å².